The second-order valence-corrected chi connectivity index (χ2v) is 4.33. The Balaban J connectivity index is 2.55. The molecule has 0 fully saturated rings. The SMILES string of the molecule is Cc1cnn(-c2ccc(CN)c(Br)c2F)c1. The first kappa shape index (κ1) is 11.3. The summed E-state index contributed by atoms with van der Waals surface area (Å²) in [4.78, 5) is 0. The molecule has 0 bridgehead atoms. The van der Waals surface area contributed by atoms with E-state index in [-0.39, 0.29) is 5.82 Å². The Labute approximate surface area is 101 Å². The largest absolute Gasteiger partial charge is 0.326 e. The Morgan fingerprint density at radius 1 is 1.50 bits per heavy atom. The van der Waals surface area contributed by atoms with E-state index in [9.17, 15) is 4.39 Å². The quantitative estimate of drug-likeness (QED) is 0.921. The zero-order valence-electron chi connectivity index (χ0n) is 8.74. The standard InChI is InChI=1S/C11H11BrFN3/c1-7-5-15-16(6-7)9-3-2-8(4-14)10(12)11(9)13/h2-3,5-6H,4,14H2,1H3. The van der Waals surface area contributed by atoms with Gasteiger partial charge in [-0.2, -0.15) is 5.10 Å². The second-order valence-electron chi connectivity index (χ2n) is 3.54. The fourth-order valence-electron chi connectivity index (χ4n) is 1.46. The molecule has 0 aliphatic rings. The van der Waals surface area contributed by atoms with Gasteiger partial charge in [0.25, 0.3) is 0 Å². The third-order valence-corrected chi connectivity index (χ3v) is 3.18. The van der Waals surface area contributed by atoms with Crippen LogP contribution in [-0.2, 0) is 6.54 Å². The van der Waals surface area contributed by atoms with E-state index in [2.05, 4.69) is 21.0 Å². The molecule has 16 heavy (non-hydrogen) atoms. The summed E-state index contributed by atoms with van der Waals surface area (Å²) in [6.45, 7) is 2.21. The predicted octanol–water partition coefficient (Wildman–Crippen LogP) is 2.54. The smallest absolute Gasteiger partial charge is 0.163 e. The molecule has 2 rings (SSSR count). The van der Waals surface area contributed by atoms with Crippen molar-refractivity contribution in [3.8, 4) is 5.69 Å². The van der Waals surface area contributed by atoms with Crippen LogP contribution in [0.1, 0.15) is 11.1 Å². The average molecular weight is 284 g/mol. The van der Waals surface area contributed by atoms with E-state index < -0.39 is 0 Å². The maximum absolute atomic E-state index is 14.0. The van der Waals surface area contributed by atoms with E-state index in [1.54, 1.807) is 24.5 Å². The summed E-state index contributed by atoms with van der Waals surface area (Å²) in [5.74, 6) is -0.342. The molecule has 5 heteroatoms. The van der Waals surface area contributed by atoms with E-state index in [0.29, 0.717) is 16.7 Å². The van der Waals surface area contributed by atoms with Crippen molar-refractivity contribution in [1.29, 1.82) is 0 Å². The summed E-state index contributed by atoms with van der Waals surface area (Å²) in [6, 6.07) is 3.47. The van der Waals surface area contributed by atoms with Gasteiger partial charge in [-0.3, -0.25) is 0 Å². The van der Waals surface area contributed by atoms with Gasteiger partial charge in [0.15, 0.2) is 5.82 Å². The maximum atomic E-state index is 14.0. The van der Waals surface area contributed by atoms with Crippen molar-refractivity contribution in [2.24, 2.45) is 5.73 Å². The van der Waals surface area contributed by atoms with Crippen LogP contribution in [-0.4, -0.2) is 9.78 Å². The summed E-state index contributed by atoms with van der Waals surface area (Å²) in [6.07, 6.45) is 3.46. The first-order valence-corrected chi connectivity index (χ1v) is 5.61. The molecule has 0 aliphatic heterocycles. The van der Waals surface area contributed by atoms with Gasteiger partial charge in [0, 0.05) is 12.7 Å². The molecule has 1 aromatic heterocycles. The van der Waals surface area contributed by atoms with Crippen molar-refractivity contribution in [3.05, 3.63) is 45.9 Å². The highest BCUT2D eigenvalue weighted by Crippen LogP contribution is 2.25. The van der Waals surface area contributed by atoms with Gasteiger partial charge in [-0.1, -0.05) is 6.07 Å². The highest BCUT2D eigenvalue weighted by molar-refractivity contribution is 9.10. The minimum atomic E-state index is -0.342. The first-order chi connectivity index (χ1) is 7.63. The van der Waals surface area contributed by atoms with Gasteiger partial charge in [0.1, 0.15) is 5.69 Å². The van der Waals surface area contributed by atoms with Crippen molar-refractivity contribution in [2.45, 2.75) is 13.5 Å². The second kappa shape index (κ2) is 4.35. The molecule has 0 amide bonds. The van der Waals surface area contributed by atoms with Crippen LogP contribution in [0.5, 0.6) is 0 Å². The highest BCUT2D eigenvalue weighted by Gasteiger charge is 2.12. The molecule has 1 aromatic carbocycles. The van der Waals surface area contributed by atoms with Crippen LogP contribution in [0.2, 0.25) is 0 Å². The van der Waals surface area contributed by atoms with E-state index in [4.69, 9.17) is 5.73 Å². The van der Waals surface area contributed by atoms with Gasteiger partial charge in [-0.05, 0) is 40.0 Å². The molecule has 0 aliphatic carbocycles. The van der Waals surface area contributed by atoms with Crippen molar-refractivity contribution >= 4 is 15.9 Å². The predicted molar refractivity (Wildman–Crippen MR) is 63.9 cm³/mol. The van der Waals surface area contributed by atoms with Gasteiger partial charge < -0.3 is 5.73 Å². The molecule has 0 saturated carbocycles. The molecule has 2 N–H and O–H groups in total. The molecule has 1 heterocycles. The topological polar surface area (TPSA) is 43.8 Å². The number of aryl methyl sites for hydroxylation is 1. The summed E-state index contributed by atoms with van der Waals surface area (Å²) in [5.41, 5.74) is 7.63. The lowest BCUT2D eigenvalue weighted by Crippen LogP contribution is -2.04. The van der Waals surface area contributed by atoms with E-state index in [0.717, 1.165) is 11.1 Å². The summed E-state index contributed by atoms with van der Waals surface area (Å²) in [5, 5.41) is 4.07. The lowest BCUT2D eigenvalue weighted by molar-refractivity contribution is 0.601. The van der Waals surface area contributed by atoms with Gasteiger partial charge in [-0.15, -0.1) is 0 Å². The molecule has 0 unspecified atom stereocenters. The van der Waals surface area contributed by atoms with E-state index >= 15 is 0 Å². The van der Waals surface area contributed by atoms with Crippen LogP contribution < -0.4 is 5.73 Å². The van der Waals surface area contributed by atoms with Crippen LogP contribution >= 0.6 is 15.9 Å². The molecule has 0 spiro atoms. The maximum Gasteiger partial charge on any atom is 0.163 e. The molecule has 0 saturated heterocycles. The van der Waals surface area contributed by atoms with Gasteiger partial charge in [0.2, 0.25) is 0 Å². The summed E-state index contributed by atoms with van der Waals surface area (Å²) < 4.78 is 15.9. The fourth-order valence-corrected chi connectivity index (χ4v) is 1.96. The van der Waals surface area contributed by atoms with Crippen LogP contribution in [0.3, 0.4) is 0 Å². The summed E-state index contributed by atoms with van der Waals surface area (Å²) >= 11 is 3.20. The molecular weight excluding hydrogens is 273 g/mol. The molecule has 3 nitrogen and oxygen atoms in total. The van der Waals surface area contributed by atoms with Gasteiger partial charge >= 0.3 is 0 Å². The number of hydrogen-bond donors (Lipinski definition) is 1. The zero-order chi connectivity index (χ0) is 11.7. The molecule has 84 valence electrons. The molecular formula is C11H11BrFN3. The van der Waals surface area contributed by atoms with E-state index in [1.165, 1.54) is 4.68 Å². The number of hydrogen-bond acceptors (Lipinski definition) is 2. The first-order valence-electron chi connectivity index (χ1n) is 4.82. The van der Waals surface area contributed by atoms with Crippen molar-refractivity contribution in [2.75, 3.05) is 0 Å². The van der Waals surface area contributed by atoms with Crippen LogP contribution in [0, 0.1) is 12.7 Å². The Kier molecular flexibility index (Phi) is 3.07. The lowest BCUT2D eigenvalue weighted by Gasteiger charge is -2.08. The summed E-state index contributed by atoms with van der Waals surface area (Å²) in [7, 11) is 0. The third kappa shape index (κ3) is 1.88. The Morgan fingerprint density at radius 3 is 2.81 bits per heavy atom. The van der Waals surface area contributed by atoms with E-state index in [1.807, 2.05) is 6.92 Å². The minimum absolute atomic E-state index is 0.302. The number of nitrogens with zero attached hydrogens (tertiary/aromatic N) is 2. The third-order valence-electron chi connectivity index (χ3n) is 2.32. The number of benzene rings is 1. The fraction of sp³-hybridized carbons (Fsp3) is 0.182. The molecule has 0 radical (unpaired) electrons. The molecule has 0 atom stereocenters. The Morgan fingerprint density at radius 2 is 2.25 bits per heavy atom. The number of rotatable bonds is 2. The van der Waals surface area contributed by atoms with Crippen LogP contribution in [0.15, 0.2) is 29.0 Å². The number of halogens is 2. The van der Waals surface area contributed by atoms with Gasteiger partial charge in [0.05, 0.1) is 10.7 Å². The Bertz CT molecular complexity index is 522. The number of aromatic nitrogens is 2. The van der Waals surface area contributed by atoms with Crippen LogP contribution in [0.4, 0.5) is 4.39 Å². The van der Waals surface area contributed by atoms with Crippen LogP contribution in [0.25, 0.3) is 5.69 Å². The monoisotopic (exact) mass is 283 g/mol. The van der Waals surface area contributed by atoms with Crippen molar-refractivity contribution in [3.63, 3.8) is 0 Å². The molecule has 2 aromatic rings. The van der Waals surface area contributed by atoms with Crippen molar-refractivity contribution < 1.29 is 4.39 Å². The number of nitrogens with two attached hydrogens (primary N) is 1. The van der Waals surface area contributed by atoms with Gasteiger partial charge in [-0.25, -0.2) is 9.07 Å². The Hall–Kier alpha value is -1.20. The average Bonchev–Trinajstić information content (AvgIpc) is 2.69. The highest BCUT2D eigenvalue weighted by atomic mass is 79.9. The lowest BCUT2D eigenvalue weighted by atomic mass is 10.2. The van der Waals surface area contributed by atoms with Crippen molar-refractivity contribution in [1.82, 2.24) is 9.78 Å². The minimum Gasteiger partial charge on any atom is -0.326 e. The zero-order valence-corrected chi connectivity index (χ0v) is 10.3. The normalized spacial score (nSPS) is 10.8.